The van der Waals surface area contributed by atoms with Crippen molar-refractivity contribution in [2.24, 2.45) is 11.7 Å². The fraction of sp³-hybridized carbons (Fsp3) is 0.625. The Kier molecular flexibility index (Phi) is 4.43. The predicted octanol–water partition coefficient (Wildman–Crippen LogP) is 4.63. The Balaban J connectivity index is 2.28. The van der Waals surface area contributed by atoms with Gasteiger partial charge in [-0.3, -0.25) is 0 Å². The van der Waals surface area contributed by atoms with Gasteiger partial charge in [0, 0.05) is 6.04 Å². The fourth-order valence-electron chi connectivity index (χ4n) is 3.28. The van der Waals surface area contributed by atoms with Crippen LogP contribution in [0.4, 0.5) is 13.2 Å². The van der Waals surface area contributed by atoms with E-state index in [9.17, 15) is 13.2 Å². The van der Waals surface area contributed by atoms with E-state index >= 15 is 0 Å². The minimum atomic E-state index is -4.27. The van der Waals surface area contributed by atoms with Crippen molar-refractivity contribution in [1.29, 1.82) is 0 Å². The quantitative estimate of drug-likeness (QED) is 0.842. The van der Waals surface area contributed by atoms with Crippen LogP contribution in [0, 0.1) is 12.8 Å². The molecule has 0 radical (unpaired) electrons. The maximum absolute atomic E-state index is 12.7. The number of nitrogens with two attached hydrogens (primary N) is 1. The first-order chi connectivity index (χ1) is 9.32. The first-order valence-corrected chi connectivity index (χ1v) is 7.26. The number of benzene rings is 1. The lowest BCUT2D eigenvalue weighted by Gasteiger charge is -2.35. The first kappa shape index (κ1) is 15.4. The zero-order valence-corrected chi connectivity index (χ0v) is 12.0. The summed E-state index contributed by atoms with van der Waals surface area (Å²) >= 11 is 0. The van der Waals surface area contributed by atoms with Crippen LogP contribution >= 0.6 is 0 Å². The van der Waals surface area contributed by atoms with E-state index in [2.05, 4.69) is 6.92 Å². The summed E-state index contributed by atoms with van der Waals surface area (Å²) in [4.78, 5) is 0. The van der Waals surface area contributed by atoms with E-state index in [-0.39, 0.29) is 12.0 Å². The van der Waals surface area contributed by atoms with Gasteiger partial charge in [-0.25, -0.2) is 0 Å². The molecule has 1 aliphatic carbocycles. The Hall–Kier alpha value is -1.03. The van der Waals surface area contributed by atoms with Gasteiger partial charge in [-0.2, -0.15) is 13.2 Å². The number of hydrogen-bond donors (Lipinski definition) is 1. The minimum Gasteiger partial charge on any atom is -0.327 e. The Morgan fingerprint density at radius 1 is 1.25 bits per heavy atom. The molecule has 112 valence electrons. The lowest BCUT2D eigenvalue weighted by molar-refractivity contribution is -0.137. The normalized spacial score (nSPS) is 27.6. The van der Waals surface area contributed by atoms with Crippen molar-refractivity contribution in [3.8, 4) is 0 Å². The van der Waals surface area contributed by atoms with Crippen molar-refractivity contribution in [2.75, 3.05) is 0 Å². The van der Waals surface area contributed by atoms with Crippen LogP contribution in [0.5, 0.6) is 0 Å². The van der Waals surface area contributed by atoms with E-state index in [0.717, 1.165) is 31.2 Å². The van der Waals surface area contributed by atoms with E-state index in [1.807, 2.05) is 0 Å². The molecule has 1 aromatic rings. The largest absolute Gasteiger partial charge is 0.416 e. The van der Waals surface area contributed by atoms with Gasteiger partial charge in [0.25, 0.3) is 0 Å². The molecule has 2 rings (SSSR count). The molecule has 3 atom stereocenters. The molecule has 0 spiro atoms. The number of aryl methyl sites for hydroxylation is 1. The molecular weight excluding hydrogens is 263 g/mol. The van der Waals surface area contributed by atoms with Crippen LogP contribution in [0.1, 0.15) is 55.2 Å². The zero-order valence-electron chi connectivity index (χ0n) is 12.0. The van der Waals surface area contributed by atoms with Crippen LogP contribution in [0.25, 0.3) is 0 Å². The number of alkyl halides is 3. The van der Waals surface area contributed by atoms with Crippen molar-refractivity contribution in [1.82, 2.24) is 0 Å². The third kappa shape index (κ3) is 3.17. The molecule has 1 fully saturated rings. The SMILES string of the molecule is CCC1CCC(N)C(c2ccc(C(F)(F)F)cc2C)C1. The second-order valence-corrected chi connectivity index (χ2v) is 5.93. The average Bonchev–Trinajstić information content (AvgIpc) is 2.38. The van der Waals surface area contributed by atoms with Crippen LogP contribution in [0.2, 0.25) is 0 Å². The maximum Gasteiger partial charge on any atom is 0.416 e. The summed E-state index contributed by atoms with van der Waals surface area (Å²) in [6, 6.07) is 4.12. The van der Waals surface area contributed by atoms with Crippen molar-refractivity contribution in [3.05, 3.63) is 34.9 Å². The molecule has 0 amide bonds. The van der Waals surface area contributed by atoms with Crippen molar-refractivity contribution in [2.45, 2.75) is 57.7 Å². The van der Waals surface area contributed by atoms with Gasteiger partial charge in [0.2, 0.25) is 0 Å². The molecule has 1 aromatic carbocycles. The van der Waals surface area contributed by atoms with Gasteiger partial charge < -0.3 is 5.73 Å². The van der Waals surface area contributed by atoms with E-state index in [0.29, 0.717) is 11.5 Å². The average molecular weight is 285 g/mol. The van der Waals surface area contributed by atoms with Crippen LogP contribution < -0.4 is 5.73 Å². The van der Waals surface area contributed by atoms with Gasteiger partial charge in [0.05, 0.1) is 5.56 Å². The third-order valence-electron chi connectivity index (χ3n) is 4.59. The molecular formula is C16H22F3N. The van der Waals surface area contributed by atoms with E-state index in [1.165, 1.54) is 12.1 Å². The number of rotatable bonds is 2. The van der Waals surface area contributed by atoms with Crippen molar-refractivity contribution < 1.29 is 13.2 Å². The van der Waals surface area contributed by atoms with E-state index < -0.39 is 11.7 Å². The summed E-state index contributed by atoms with van der Waals surface area (Å²) in [5.41, 5.74) is 7.32. The minimum absolute atomic E-state index is 0.0632. The highest BCUT2D eigenvalue weighted by atomic mass is 19.4. The maximum atomic E-state index is 12.7. The lowest BCUT2D eigenvalue weighted by Crippen LogP contribution is -2.34. The Morgan fingerprint density at radius 2 is 1.95 bits per heavy atom. The van der Waals surface area contributed by atoms with Gasteiger partial charge in [-0.05, 0) is 61.3 Å². The highest BCUT2D eigenvalue weighted by Crippen LogP contribution is 2.39. The van der Waals surface area contributed by atoms with Crippen LogP contribution in [-0.4, -0.2) is 6.04 Å². The zero-order chi connectivity index (χ0) is 14.9. The summed E-state index contributed by atoms with van der Waals surface area (Å²) in [6.07, 6.45) is -0.0752. The summed E-state index contributed by atoms with van der Waals surface area (Å²) in [5.74, 6) is 0.831. The summed E-state index contributed by atoms with van der Waals surface area (Å²) < 4.78 is 38.1. The molecule has 1 nitrogen and oxygen atoms in total. The second kappa shape index (κ2) is 5.76. The Bertz CT molecular complexity index is 467. The first-order valence-electron chi connectivity index (χ1n) is 7.26. The third-order valence-corrected chi connectivity index (χ3v) is 4.59. The molecule has 0 bridgehead atoms. The van der Waals surface area contributed by atoms with Gasteiger partial charge in [-0.1, -0.05) is 19.4 Å². The fourth-order valence-corrected chi connectivity index (χ4v) is 3.28. The summed E-state index contributed by atoms with van der Waals surface area (Å²) in [7, 11) is 0. The van der Waals surface area contributed by atoms with Gasteiger partial charge in [-0.15, -0.1) is 0 Å². The molecule has 0 aromatic heterocycles. The van der Waals surface area contributed by atoms with Crippen molar-refractivity contribution >= 4 is 0 Å². The molecule has 1 aliphatic rings. The predicted molar refractivity (Wildman–Crippen MR) is 74.5 cm³/mol. The standard InChI is InChI=1S/C16H22F3N/c1-3-11-4-7-15(20)14(9-11)13-6-5-12(8-10(13)2)16(17,18)19/h5-6,8,11,14-15H,3-4,7,9,20H2,1-2H3. The van der Waals surface area contributed by atoms with Crippen molar-refractivity contribution in [3.63, 3.8) is 0 Å². The smallest absolute Gasteiger partial charge is 0.327 e. The molecule has 4 heteroatoms. The highest BCUT2D eigenvalue weighted by Gasteiger charge is 2.33. The molecule has 0 heterocycles. The van der Waals surface area contributed by atoms with Crippen LogP contribution in [0.3, 0.4) is 0 Å². The molecule has 0 saturated heterocycles. The second-order valence-electron chi connectivity index (χ2n) is 5.93. The van der Waals surface area contributed by atoms with Gasteiger partial charge in [0.15, 0.2) is 0 Å². The van der Waals surface area contributed by atoms with Crippen LogP contribution in [0.15, 0.2) is 18.2 Å². The summed E-state index contributed by atoms with van der Waals surface area (Å²) in [6.45, 7) is 3.92. The van der Waals surface area contributed by atoms with Gasteiger partial charge >= 0.3 is 6.18 Å². The lowest BCUT2D eigenvalue weighted by atomic mass is 9.73. The Morgan fingerprint density at radius 3 is 2.50 bits per heavy atom. The highest BCUT2D eigenvalue weighted by molar-refractivity contribution is 5.36. The molecule has 3 unspecified atom stereocenters. The summed E-state index contributed by atoms with van der Waals surface area (Å²) in [5, 5.41) is 0. The van der Waals surface area contributed by atoms with Gasteiger partial charge in [0.1, 0.15) is 0 Å². The molecule has 2 N–H and O–H groups in total. The van der Waals surface area contributed by atoms with Crippen LogP contribution in [-0.2, 0) is 6.18 Å². The molecule has 1 saturated carbocycles. The Labute approximate surface area is 118 Å². The molecule has 20 heavy (non-hydrogen) atoms. The van der Waals surface area contributed by atoms with E-state index in [1.54, 1.807) is 13.0 Å². The van der Waals surface area contributed by atoms with E-state index in [4.69, 9.17) is 5.73 Å². The number of halogens is 3. The molecule has 0 aliphatic heterocycles. The topological polar surface area (TPSA) is 26.0 Å². The monoisotopic (exact) mass is 285 g/mol. The number of hydrogen-bond acceptors (Lipinski definition) is 1.